The van der Waals surface area contributed by atoms with Gasteiger partial charge in [0.05, 0.1) is 0 Å². The summed E-state index contributed by atoms with van der Waals surface area (Å²) in [5.74, 6) is -3.34. The normalized spacial score (nSPS) is 24.4. The van der Waals surface area contributed by atoms with Crippen LogP contribution in [0.4, 0.5) is 19.0 Å². The van der Waals surface area contributed by atoms with Gasteiger partial charge in [-0.2, -0.15) is 9.37 Å². The highest BCUT2D eigenvalue weighted by Crippen LogP contribution is 2.26. The molecule has 0 radical (unpaired) electrons. The standard InChI is InChI=1S/C12H14F3N3/c13-9-6-10(14)12(16-11(9)15)18-5-4-17-3-1-2-8(17)7-18/h6,8H,1-5,7H2. The maximum absolute atomic E-state index is 13.6. The number of hydrogen-bond acceptors (Lipinski definition) is 3. The molecule has 0 N–H and O–H groups in total. The molecule has 0 saturated carbocycles. The molecule has 3 rings (SSSR count). The van der Waals surface area contributed by atoms with Gasteiger partial charge in [-0.1, -0.05) is 0 Å². The molecule has 3 nitrogen and oxygen atoms in total. The van der Waals surface area contributed by atoms with Crippen LogP contribution in [0, 0.1) is 17.6 Å². The lowest BCUT2D eigenvalue weighted by Crippen LogP contribution is -2.50. The highest BCUT2D eigenvalue weighted by molar-refractivity contribution is 5.41. The topological polar surface area (TPSA) is 19.4 Å². The minimum Gasteiger partial charge on any atom is -0.351 e. The lowest BCUT2D eigenvalue weighted by molar-refractivity contribution is 0.229. The zero-order valence-corrected chi connectivity index (χ0v) is 9.87. The highest BCUT2D eigenvalue weighted by atomic mass is 19.2. The Bertz CT molecular complexity index is 466. The van der Waals surface area contributed by atoms with E-state index < -0.39 is 17.6 Å². The third-order valence-electron chi connectivity index (χ3n) is 3.76. The number of piperazine rings is 1. The van der Waals surface area contributed by atoms with E-state index in [2.05, 4.69) is 9.88 Å². The Kier molecular flexibility index (Phi) is 2.89. The summed E-state index contributed by atoms with van der Waals surface area (Å²) in [7, 11) is 0. The van der Waals surface area contributed by atoms with Crippen LogP contribution in [0.5, 0.6) is 0 Å². The SMILES string of the molecule is Fc1cc(F)c(N2CCN3CCCC3C2)nc1F. The molecule has 3 heterocycles. The minimum absolute atomic E-state index is 0.0690. The zero-order valence-electron chi connectivity index (χ0n) is 9.87. The minimum atomic E-state index is -1.24. The van der Waals surface area contributed by atoms with Crippen LogP contribution in [0.15, 0.2) is 6.07 Å². The van der Waals surface area contributed by atoms with Gasteiger partial charge in [-0.05, 0) is 19.4 Å². The van der Waals surface area contributed by atoms with Gasteiger partial charge < -0.3 is 4.90 Å². The van der Waals surface area contributed by atoms with E-state index in [1.165, 1.54) is 0 Å². The molecule has 2 aliphatic rings. The van der Waals surface area contributed by atoms with Gasteiger partial charge in [0.15, 0.2) is 17.5 Å². The van der Waals surface area contributed by atoms with E-state index in [1.807, 2.05) is 0 Å². The fourth-order valence-electron chi connectivity index (χ4n) is 2.84. The molecular weight excluding hydrogens is 243 g/mol. The number of halogens is 3. The summed E-state index contributed by atoms with van der Waals surface area (Å²) >= 11 is 0. The molecule has 2 fully saturated rings. The molecule has 1 unspecified atom stereocenters. The second-order valence-corrected chi connectivity index (χ2v) is 4.84. The molecule has 0 amide bonds. The molecule has 1 atom stereocenters. The lowest BCUT2D eigenvalue weighted by atomic mass is 10.1. The van der Waals surface area contributed by atoms with Gasteiger partial charge in [-0.15, -0.1) is 0 Å². The lowest BCUT2D eigenvalue weighted by Gasteiger charge is -2.38. The summed E-state index contributed by atoms with van der Waals surface area (Å²) in [6, 6.07) is 0.951. The van der Waals surface area contributed by atoms with E-state index in [0.29, 0.717) is 25.2 Å². The smallest absolute Gasteiger partial charge is 0.251 e. The molecule has 0 spiro atoms. The predicted octanol–water partition coefficient (Wildman–Crippen LogP) is 1.78. The second kappa shape index (κ2) is 4.42. The molecule has 0 aliphatic carbocycles. The van der Waals surface area contributed by atoms with Gasteiger partial charge in [-0.3, -0.25) is 4.90 Å². The van der Waals surface area contributed by atoms with Gasteiger partial charge in [0.25, 0.3) is 5.95 Å². The Morgan fingerprint density at radius 3 is 2.78 bits per heavy atom. The molecule has 98 valence electrons. The second-order valence-electron chi connectivity index (χ2n) is 4.84. The first kappa shape index (κ1) is 11.8. The van der Waals surface area contributed by atoms with Gasteiger partial charge in [0.1, 0.15) is 0 Å². The van der Waals surface area contributed by atoms with E-state index in [9.17, 15) is 13.2 Å². The number of anilines is 1. The van der Waals surface area contributed by atoms with Crippen molar-refractivity contribution in [1.82, 2.24) is 9.88 Å². The van der Waals surface area contributed by atoms with E-state index in [4.69, 9.17) is 0 Å². The van der Waals surface area contributed by atoms with Crippen LogP contribution in [0.3, 0.4) is 0 Å². The van der Waals surface area contributed by atoms with Crippen LogP contribution in [0.25, 0.3) is 0 Å². The molecule has 6 heteroatoms. The number of nitrogens with zero attached hydrogens (tertiary/aromatic N) is 3. The Labute approximate surface area is 103 Å². The van der Waals surface area contributed by atoms with Gasteiger partial charge in [-0.25, -0.2) is 8.78 Å². The fourth-order valence-corrected chi connectivity index (χ4v) is 2.84. The molecule has 0 aromatic carbocycles. The maximum Gasteiger partial charge on any atom is 0.251 e. The van der Waals surface area contributed by atoms with Crippen molar-refractivity contribution < 1.29 is 13.2 Å². The third-order valence-corrected chi connectivity index (χ3v) is 3.76. The molecule has 2 saturated heterocycles. The van der Waals surface area contributed by atoms with E-state index in [-0.39, 0.29) is 5.82 Å². The van der Waals surface area contributed by atoms with Crippen LogP contribution in [0.1, 0.15) is 12.8 Å². The van der Waals surface area contributed by atoms with Crippen LogP contribution >= 0.6 is 0 Å². The predicted molar refractivity (Wildman–Crippen MR) is 60.9 cm³/mol. The summed E-state index contributed by atoms with van der Waals surface area (Å²) in [6.07, 6.45) is 2.22. The Morgan fingerprint density at radius 2 is 1.94 bits per heavy atom. The highest BCUT2D eigenvalue weighted by Gasteiger charge is 2.32. The number of pyridine rings is 1. The monoisotopic (exact) mass is 257 g/mol. The quantitative estimate of drug-likeness (QED) is 0.715. The maximum atomic E-state index is 13.6. The first-order valence-electron chi connectivity index (χ1n) is 6.15. The summed E-state index contributed by atoms with van der Waals surface area (Å²) in [5, 5.41) is 0. The first-order valence-corrected chi connectivity index (χ1v) is 6.15. The third kappa shape index (κ3) is 1.94. The van der Waals surface area contributed by atoms with E-state index in [1.54, 1.807) is 4.90 Å². The Balaban J connectivity index is 1.84. The van der Waals surface area contributed by atoms with Crippen molar-refractivity contribution in [3.05, 3.63) is 23.6 Å². The van der Waals surface area contributed by atoms with Crippen molar-refractivity contribution >= 4 is 5.82 Å². The fraction of sp³-hybridized carbons (Fsp3) is 0.583. The largest absolute Gasteiger partial charge is 0.351 e. The van der Waals surface area contributed by atoms with E-state index >= 15 is 0 Å². The summed E-state index contributed by atoms with van der Waals surface area (Å²) < 4.78 is 39.6. The number of fused-ring (bicyclic) bond motifs is 1. The van der Waals surface area contributed by atoms with Crippen LogP contribution in [-0.4, -0.2) is 42.1 Å². The summed E-state index contributed by atoms with van der Waals surface area (Å²) in [4.78, 5) is 7.47. The Morgan fingerprint density at radius 1 is 1.11 bits per heavy atom. The Hall–Kier alpha value is -1.30. The van der Waals surface area contributed by atoms with Crippen molar-refractivity contribution in [3.63, 3.8) is 0 Å². The van der Waals surface area contributed by atoms with Crippen molar-refractivity contribution in [3.8, 4) is 0 Å². The van der Waals surface area contributed by atoms with E-state index in [0.717, 1.165) is 25.9 Å². The molecule has 0 bridgehead atoms. The van der Waals surface area contributed by atoms with Gasteiger partial charge in [0, 0.05) is 31.7 Å². The van der Waals surface area contributed by atoms with Crippen molar-refractivity contribution in [2.75, 3.05) is 31.1 Å². The zero-order chi connectivity index (χ0) is 12.7. The molecule has 1 aromatic rings. The van der Waals surface area contributed by atoms with Crippen molar-refractivity contribution in [2.24, 2.45) is 0 Å². The van der Waals surface area contributed by atoms with Gasteiger partial charge >= 0.3 is 0 Å². The number of hydrogen-bond donors (Lipinski definition) is 0. The van der Waals surface area contributed by atoms with Crippen LogP contribution < -0.4 is 4.90 Å². The number of rotatable bonds is 1. The van der Waals surface area contributed by atoms with Gasteiger partial charge in [0.2, 0.25) is 0 Å². The molecular formula is C12H14F3N3. The number of aromatic nitrogens is 1. The summed E-state index contributed by atoms with van der Waals surface area (Å²) in [6.45, 7) is 3.14. The average molecular weight is 257 g/mol. The molecule has 18 heavy (non-hydrogen) atoms. The molecule has 1 aromatic heterocycles. The average Bonchev–Trinajstić information content (AvgIpc) is 2.80. The van der Waals surface area contributed by atoms with Crippen LogP contribution in [-0.2, 0) is 0 Å². The summed E-state index contributed by atoms with van der Waals surface area (Å²) in [5.41, 5.74) is 0. The first-order chi connectivity index (χ1) is 8.65. The van der Waals surface area contributed by atoms with Crippen molar-refractivity contribution in [2.45, 2.75) is 18.9 Å². The van der Waals surface area contributed by atoms with Crippen LogP contribution in [0.2, 0.25) is 0 Å². The van der Waals surface area contributed by atoms with Crippen molar-refractivity contribution in [1.29, 1.82) is 0 Å². The molecule has 2 aliphatic heterocycles.